The first-order valence-corrected chi connectivity index (χ1v) is 8.06. The topological polar surface area (TPSA) is 105 Å². The minimum atomic E-state index is -0.521. The van der Waals surface area contributed by atoms with Crippen molar-refractivity contribution in [3.05, 3.63) is 35.4 Å². The molecular weight excluding hydrogens is 326 g/mol. The lowest BCUT2D eigenvalue weighted by Gasteiger charge is -2.19. The van der Waals surface area contributed by atoms with Crippen LogP contribution >= 0.6 is 0 Å². The number of hydrogen-bond acceptors (Lipinski definition) is 5. The summed E-state index contributed by atoms with van der Waals surface area (Å²) < 4.78 is 4.58. The molecule has 0 bridgehead atoms. The molecule has 8 nitrogen and oxygen atoms in total. The number of hydrogen-bond donors (Lipinski definition) is 2. The van der Waals surface area contributed by atoms with E-state index in [2.05, 4.69) is 15.6 Å². The maximum atomic E-state index is 12.0. The van der Waals surface area contributed by atoms with E-state index in [-0.39, 0.29) is 18.0 Å². The van der Waals surface area contributed by atoms with Crippen molar-refractivity contribution in [2.24, 2.45) is 0 Å². The summed E-state index contributed by atoms with van der Waals surface area (Å²) in [5, 5.41) is 0. The quantitative estimate of drug-likeness (QED) is 0.614. The molecule has 0 aliphatic carbocycles. The van der Waals surface area contributed by atoms with Gasteiger partial charge in [0.2, 0.25) is 5.91 Å². The monoisotopic (exact) mass is 347 g/mol. The zero-order chi connectivity index (χ0) is 18.2. The van der Waals surface area contributed by atoms with Crippen LogP contribution in [-0.2, 0) is 14.3 Å². The molecule has 0 unspecified atom stereocenters. The molecule has 0 aromatic heterocycles. The predicted molar refractivity (Wildman–Crippen MR) is 88.4 cm³/mol. The van der Waals surface area contributed by atoms with Crippen molar-refractivity contribution < 1.29 is 23.9 Å². The molecule has 25 heavy (non-hydrogen) atoms. The Labute approximate surface area is 145 Å². The van der Waals surface area contributed by atoms with Crippen LogP contribution in [0.4, 0.5) is 0 Å². The SMILES string of the molecule is COC(=O)c1ccc(C(=O)NNC(=O)CN2CCCCCC2=O)cc1. The van der Waals surface area contributed by atoms with E-state index in [1.165, 1.54) is 36.3 Å². The maximum Gasteiger partial charge on any atom is 0.337 e. The fourth-order valence-electron chi connectivity index (χ4n) is 2.49. The van der Waals surface area contributed by atoms with Crippen molar-refractivity contribution >= 4 is 23.7 Å². The van der Waals surface area contributed by atoms with E-state index >= 15 is 0 Å². The number of carbonyl (C=O) groups excluding carboxylic acids is 4. The molecule has 0 spiro atoms. The number of amides is 3. The van der Waals surface area contributed by atoms with E-state index in [1.54, 1.807) is 0 Å². The Morgan fingerprint density at radius 2 is 1.72 bits per heavy atom. The van der Waals surface area contributed by atoms with Gasteiger partial charge in [-0.3, -0.25) is 25.2 Å². The van der Waals surface area contributed by atoms with Gasteiger partial charge < -0.3 is 9.64 Å². The minimum absolute atomic E-state index is 0.0441. The maximum absolute atomic E-state index is 12.0. The van der Waals surface area contributed by atoms with E-state index in [4.69, 9.17) is 0 Å². The lowest BCUT2D eigenvalue weighted by Crippen LogP contribution is -2.47. The van der Waals surface area contributed by atoms with Crippen molar-refractivity contribution in [3.8, 4) is 0 Å². The average molecular weight is 347 g/mol. The summed E-state index contributed by atoms with van der Waals surface area (Å²) in [6, 6.07) is 5.81. The van der Waals surface area contributed by atoms with Crippen molar-refractivity contribution in [2.45, 2.75) is 25.7 Å². The summed E-state index contributed by atoms with van der Waals surface area (Å²) in [5.74, 6) is -1.53. The van der Waals surface area contributed by atoms with Gasteiger partial charge in [-0.1, -0.05) is 6.42 Å². The largest absolute Gasteiger partial charge is 0.465 e. The molecule has 3 amide bonds. The van der Waals surface area contributed by atoms with Crippen molar-refractivity contribution in [1.29, 1.82) is 0 Å². The van der Waals surface area contributed by atoms with Gasteiger partial charge in [-0.25, -0.2) is 4.79 Å². The van der Waals surface area contributed by atoms with Gasteiger partial charge in [-0.05, 0) is 37.1 Å². The third-order valence-electron chi connectivity index (χ3n) is 3.89. The number of hydrazine groups is 1. The zero-order valence-corrected chi connectivity index (χ0v) is 14.0. The van der Waals surface area contributed by atoms with Gasteiger partial charge in [0, 0.05) is 18.5 Å². The number of carbonyl (C=O) groups is 4. The molecule has 1 saturated heterocycles. The van der Waals surface area contributed by atoms with E-state index in [9.17, 15) is 19.2 Å². The Morgan fingerprint density at radius 1 is 1.04 bits per heavy atom. The van der Waals surface area contributed by atoms with Crippen LogP contribution in [0.25, 0.3) is 0 Å². The standard InChI is InChI=1S/C17H21N3O5/c1-25-17(24)13-8-6-12(7-9-13)16(23)19-18-14(21)11-20-10-4-2-3-5-15(20)22/h6-9H,2-5,10-11H2,1H3,(H,18,21)(H,19,23). The second-order valence-corrected chi connectivity index (χ2v) is 5.70. The number of likely N-dealkylation sites (tertiary alicyclic amines) is 1. The molecule has 134 valence electrons. The van der Waals surface area contributed by atoms with E-state index in [1.807, 2.05) is 0 Å². The summed E-state index contributed by atoms with van der Waals surface area (Å²) in [6.45, 7) is 0.468. The zero-order valence-electron chi connectivity index (χ0n) is 14.0. The second kappa shape index (κ2) is 8.81. The smallest absolute Gasteiger partial charge is 0.337 e. The van der Waals surface area contributed by atoms with Crippen LogP contribution in [0.1, 0.15) is 46.4 Å². The first-order valence-electron chi connectivity index (χ1n) is 8.06. The first-order chi connectivity index (χ1) is 12.0. The second-order valence-electron chi connectivity index (χ2n) is 5.70. The lowest BCUT2D eigenvalue weighted by atomic mass is 10.1. The normalized spacial score (nSPS) is 14.4. The van der Waals surface area contributed by atoms with Crippen LogP contribution in [-0.4, -0.2) is 48.8 Å². The number of nitrogens with zero attached hydrogens (tertiary/aromatic N) is 1. The van der Waals surface area contributed by atoms with Gasteiger partial charge in [-0.2, -0.15) is 0 Å². The molecule has 0 atom stereocenters. The van der Waals surface area contributed by atoms with Crippen LogP contribution in [0.2, 0.25) is 0 Å². The van der Waals surface area contributed by atoms with E-state index < -0.39 is 17.8 Å². The average Bonchev–Trinajstić information content (AvgIpc) is 2.83. The van der Waals surface area contributed by atoms with Crippen molar-refractivity contribution in [1.82, 2.24) is 15.8 Å². The molecule has 2 rings (SSSR count). The highest BCUT2D eigenvalue weighted by Gasteiger charge is 2.19. The molecule has 1 fully saturated rings. The summed E-state index contributed by atoms with van der Waals surface area (Å²) in [6.07, 6.45) is 3.14. The summed E-state index contributed by atoms with van der Waals surface area (Å²) in [7, 11) is 1.27. The third kappa shape index (κ3) is 5.30. The van der Waals surface area contributed by atoms with Crippen molar-refractivity contribution in [3.63, 3.8) is 0 Å². The molecule has 1 aromatic carbocycles. The van der Waals surface area contributed by atoms with Gasteiger partial charge in [0.25, 0.3) is 11.8 Å². The number of esters is 1. The van der Waals surface area contributed by atoms with Crippen LogP contribution in [0.5, 0.6) is 0 Å². The highest BCUT2D eigenvalue weighted by atomic mass is 16.5. The molecule has 1 aromatic rings. The summed E-state index contributed by atoms with van der Waals surface area (Å²) in [4.78, 5) is 48.6. The van der Waals surface area contributed by atoms with Gasteiger partial charge in [-0.15, -0.1) is 0 Å². The van der Waals surface area contributed by atoms with Crippen LogP contribution in [0.3, 0.4) is 0 Å². The molecule has 0 saturated carbocycles. The molecule has 0 radical (unpaired) electrons. The third-order valence-corrected chi connectivity index (χ3v) is 3.89. The van der Waals surface area contributed by atoms with Gasteiger partial charge in [0.1, 0.15) is 6.54 Å². The molecule has 1 aliphatic rings. The molecule has 1 heterocycles. The Bertz CT molecular complexity index is 657. The lowest BCUT2D eigenvalue weighted by molar-refractivity contribution is -0.135. The highest BCUT2D eigenvalue weighted by Crippen LogP contribution is 2.10. The van der Waals surface area contributed by atoms with E-state index in [0.717, 1.165) is 19.3 Å². The van der Waals surface area contributed by atoms with Crippen LogP contribution in [0.15, 0.2) is 24.3 Å². The Hall–Kier alpha value is -2.90. The number of rotatable bonds is 4. The number of nitrogens with one attached hydrogen (secondary N) is 2. The molecular formula is C17H21N3O5. The predicted octanol–water partition coefficient (Wildman–Crippen LogP) is 0.637. The summed E-state index contributed by atoms with van der Waals surface area (Å²) in [5.41, 5.74) is 5.18. The Kier molecular flexibility index (Phi) is 6.50. The summed E-state index contributed by atoms with van der Waals surface area (Å²) >= 11 is 0. The molecule has 2 N–H and O–H groups in total. The highest BCUT2D eigenvalue weighted by molar-refractivity contribution is 5.97. The Morgan fingerprint density at radius 3 is 2.40 bits per heavy atom. The number of methoxy groups -OCH3 is 1. The fraction of sp³-hybridized carbons (Fsp3) is 0.412. The Balaban J connectivity index is 1.83. The minimum Gasteiger partial charge on any atom is -0.465 e. The van der Waals surface area contributed by atoms with Gasteiger partial charge in [0.15, 0.2) is 0 Å². The molecule has 8 heteroatoms. The number of benzene rings is 1. The first kappa shape index (κ1) is 18.4. The van der Waals surface area contributed by atoms with Gasteiger partial charge in [0.05, 0.1) is 12.7 Å². The molecule has 1 aliphatic heterocycles. The van der Waals surface area contributed by atoms with Crippen LogP contribution < -0.4 is 10.9 Å². The van der Waals surface area contributed by atoms with Crippen LogP contribution in [0, 0.1) is 0 Å². The van der Waals surface area contributed by atoms with Gasteiger partial charge >= 0.3 is 5.97 Å². The van der Waals surface area contributed by atoms with Crippen molar-refractivity contribution in [2.75, 3.05) is 20.2 Å². The number of ether oxygens (including phenoxy) is 1. The fourth-order valence-corrected chi connectivity index (χ4v) is 2.49. The van der Waals surface area contributed by atoms with E-state index in [0.29, 0.717) is 18.5 Å².